The summed E-state index contributed by atoms with van der Waals surface area (Å²) in [7, 11) is 0. The zero-order valence-corrected chi connectivity index (χ0v) is 12.4. The lowest BCUT2D eigenvalue weighted by atomic mass is 10.1. The highest BCUT2D eigenvalue weighted by atomic mass is 16.5. The van der Waals surface area contributed by atoms with E-state index in [-0.39, 0.29) is 24.4 Å². The Morgan fingerprint density at radius 1 is 1.20 bits per heavy atom. The Hall–Kier alpha value is -1.84. The van der Waals surface area contributed by atoms with Gasteiger partial charge in [-0.2, -0.15) is 0 Å². The summed E-state index contributed by atoms with van der Waals surface area (Å²) in [5, 5.41) is 2.74. The lowest BCUT2D eigenvalue weighted by Gasteiger charge is -2.18. The Morgan fingerprint density at radius 2 is 1.85 bits per heavy atom. The number of esters is 1. The third-order valence-electron chi connectivity index (χ3n) is 2.93. The molecule has 110 valence electrons. The Kier molecular flexibility index (Phi) is 6.77. The van der Waals surface area contributed by atoms with E-state index in [0.29, 0.717) is 6.42 Å². The highest BCUT2D eigenvalue weighted by Gasteiger charge is 2.22. The third kappa shape index (κ3) is 5.43. The molecule has 1 N–H and O–H groups in total. The molecule has 0 fully saturated rings. The summed E-state index contributed by atoms with van der Waals surface area (Å²) < 4.78 is 5.27. The molecule has 0 aliphatic carbocycles. The van der Waals surface area contributed by atoms with Crippen molar-refractivity contribution in [3.63, 3.8) is 0 Å². The number of hydrogen-bond acceptors (Lipinski definition) is 3. The van der Waals surface area contributed by atoms with Crippen molar-refractivity contribution < 1.29 is 14.3 Å². The highest BCUT2D eigenvalue weighted by Crippen LogP contribution is 2.06. The zero-order valence-electron chi connectivity index (χ0n) is 12.4. The Labute approximate surface area is 120 Å². The van der Waals surface area contributed by atoms with Gasteiger partial charge in [0.25, 0.3) is 0 Å². The summed E-state index contributed by atoms with van der Waals surface area (Å²) in [4.78, 5) is 23.7. The first-order valence-corrected chi connectivity index (χ1v) is 7.05. The monoisotopic (exact) mass is 277 g/mol. The van der Waals surface area contributed by atoms with Crippen LogP contribution in [0.15, 0.2) is 30.3 Å². The average molecular weight is 277 g/mol. The van der Waals surface area contributed by atoms with Crippen molar-refractivity contribution in [2.45, 2.75) is 46.3 Å². The van der Waals surface area contributed by atoms with Crippen LogP contribution in [0.3, 0.4) is 0 Å². The maximum absolute atomic E-state index is 12.0. The summed E-state index contributed by atoms with van der Waals surface area (Å²) in [6.07, 6.45) is 1.40. The van der Waals surface area contributed by atoms with Gasteiger partial charge in [-0.15, -0.1) is 0 Å². The number of carbonyl (C=O) groups is 2. The van der Waals surface area contributed by atoms with Gasteiger partial charge in [0.1, 0.15) is 12.6 Å². The first kappa shape index (κ1) is 16.2. The molecule has 0 radical (unpaired) electrons. The van der Waals surface area contributed by atoms with E-state index < -0.39 is 6.04 Å². The molecule has 0 aliphatic rings. The van der Waals surface area contributed by atoms with Crippen molar-refractivity contribution >= 4 is 11.9 Å². The number of ether oxygens (including phenoxy) is 1. The van der Waals surface area contributed by atoms with Gasteiger partial charge in [0.05, 0.1) is 0 Å². The summed E-state index contributed by atoms with van der Waals surface area (Å²) in [5.74, 6) is -0.638. The van der Waals surface area contributed by atoms with Crippen molar-refractivity contribution in [1.82, 2.24) is 5.32 Å². The maximum Gasteiger partial charge on any atom is 0.328 e. The lowest BCUT2D eigenvalue weighted by molar-refractivity contribution is -0.149. The van der Waals surface area contributed by atoms with E-state index in [4.69, 9.17) is 4.74 Å². The fourth-order valence-corrected chi connectivity index (χ4v) is 1.71. The summed E-state index contributed by atoms with van der Waals surface area (Å²) in [6, 6.07) is 8.94. The minimum Gasteiger partial charge on any atom is -0.459 e. The highest BCUT2D eigenvalue weighted by molar-refractivity contribution is 5.85. The molecule has 0 unspecified atom stereocenters. The summed E-state index contributed by atoms with van der Waals surface area (Å²) >= 11 is 0. The van der Waals surface area contributed by atoms with Crippen LogP contribution < -0.4 is 5.32 Å². The van der Waals surface area contributed by atoms with Gasteiger partial charge in [-0.1, -0.05) is 57.5 Å². The average Bonchev–Trinajstić information content (AvgIpc) is 2.45. The number of rotatable bonds is 7. The van der Waals surface area contributed by atoms with E-state index in [9.17, 15) is 9.59 Å². The Morgan fingerprint density at radius 3 is 2.40 bits per heavy atom. The van der Waals surface area contributed by atoms with Crippen LogP contribution in [0.4, 0.5) is 0 Å². The second-order valence-corrected chi connectivity index (χ2v) is 5.10. The zero-order chi connectivity index (χ0) is 15.0. The lowest BCUT2D eigenvalue weighted by Crippen LogP contribution is -2.43. The van der Waals surface area contributed by atoms with Gasteiger partial charge in [-0.3, -0.25) is 4.79 Å². The number of amides is 1. The van der Waals surface area contributed by atoms with Gasteiger partial charge in [0.15, 0.2) is 0 Å². The van der Waals surface area contributed by atoms with Gasteiger partial charge in [-0.05, 0) is 12.0 Å². The van der Waals surface area contributed by atoms with Crippen LogP contribution in [0.2, 0.25) is 0 Å². The minimum absolute atomic E-state index is 0.125. The molecule has 1 aromatic carbocycles. The van der Waals surface area contributed by atoms with Crippen LogP contribution in [0, 0.1) is 5.92 Å². The van der Waals surface area contributed by atoms with E-state index >= 15 is 0 Å². The molecule has 4 nitrogen and oxygen atoms in total. The fourth-order valence-electron chi connectivity index (χ4n) is 1.71. The molecular formula is C16H23NO3. The predicted molar refractivity (Wildman–Crippen MR) is 77.9 cm³/mol. The van der Waals surface area contributed by atoms with Crippen molar-refractivity contribution in [1.29, 1.82) is 0 Å². The Bertz CT molecular complexity index is 429. The van der Waals surface area contributed by atoms with Gasteiger partial charge < -0.3 is 10.1 Å². The van der Waals surface area contributed by atoms with Crippen LogP contribution in [0.1, 0.15) is 39.2 Å². The van der Waals surface area contributed by atoms with Gasteiger partial charge in [-0.25, -0.2) is 4.79 Å². The van der Waals surface area contributed by atoms with E-state index in [2.05, 4.69) is 5.32 Å². The van der Waals surface area contributed by atoms with Crippen LogP contribution >= 0.6 is 0 Å². The van der Waals surface area contributed by atoms with E-state index in [0.717, 1.165) is 12.0 Å². The molecule has 0 spiro atoms. The molecule has 0 aromatic heterocycles. The topological polar surface area (TPSA) is 55.4 Å². The van der Waals surface area contributed by atoms with Crippen molar-refractivity contribution in [3.8, 4) is 0 Å². The van der Waals surface area contributed by atoms with Gasteiger partial charge >= 0.3 is 5.97 Å². The largest absolute Gasteiger partial charge is 0.459 e. The van der Waals surface area contributed by atoms with Crippen LogP contribution in [-0.4, -0.2) is 17.9 Å². The molecule has 0 bridgehead atoms. The van der Waals surface area contributed by atoms with E-state index in [1.54, 1.807) is 13.8 Å². The SMILES string of the molecule is CCC[C@H](NC(=O)C(C)C)C(=O)OCc1ccccc1. The summed E-state index contributed by atoms with van der Waals surface area (Å²) in [6.45, 7) is 5.80. The fraction of sp³-hybridized carbons (Fsp3) is 0.500. The molecule has 1 amide bonds. The van der Waals surface area contributed by atoms with Crippen molar-refractivity contribution in [2.24, 2.45) is 5.92 Å². The van der Waals surface area contributed by atoms with E-state index in [1.165, 1.54) is 0 Å². The van der Waals surface area contributed by atoms with Crippen LogP contribution in [0.5, 0.6) is 0 Å². The predicted octanol–water partition coefficient (Wildman–Crippen LogP) is 2.67. The van der Waals surface area contributed by atoms with Crippen LogP contribution in [0.25, 0.3) is 0 Å². The van der Waals surface area contributed by atoms with Crippen molar-refractivity contribution in [2.75, 3.05) is 0 Å². The number of carbonyl (C=O) groups excluding carboxylic acids is 2. The third-order valence-corrected chi connectivity index (χ3v) is 2.93. The Balaban J connectivity index is 2.53. The van der Waals surface area contributed by atoms with Gasteiger partial charge in [0, 0.05) is 5.92 Å². The van der Waals surface area contributed by atoms with Gasteiger partial charge in [0.2, 0.25) is 5.91 Å². The molecular weight excluding hydrogens is 254 g/mol. The second kappa shape index (κ2) is 8.35. The molecule has 1 rings (SSSR count). The normalized spacial score (nSPS) is 12.0. The molecule has 0 aliphatic heterocycles. The maximum atomic E-state index is 12.0. The molecule has 20 heavy (non-hydrogen) atoms. The van der Waals surface area contributed by atoms with Crippen LogP contribution in [-0.2, 0) is 20.9 Å². The van der Waals surface area contributed by atoms with E-state index in [1.807, 2.05) is 37.3 Å². The number of nitrogens with one attached hydrogen (secondary N) is 1. The molecule has 4 heteroatoms. The van der Waals surface area contributed by atoms with Crippen molar-refractivity contribution in [3.05, 3.63) is 35.9 Å². The quantitative estimate of drug-likeness (QED) is 0.780. The molecule has 1 aromatic rings. The second-order valence-electron chi connectivity index (χ2n) is 5.10. The molecule has 0 saturated carbocycles. The first-order chi connectivity index (χ1) is 9.54. The molecule has 0 heterocycles. The minimum atomic E-state index is -0.557. The first-order valence-electron chi connectivity index (χ1n) is 7.05. The summed E-state index contributed by atoms with van der Waals surface area (Å²) in [5.41, 5.74) is 0.936. The smallest absolute Gasteiger partial charge is 0.328 e. The molecule has 1 atom stereocenters. The standard InChI is InChI=1S/C16H23NO3/c1-4-8-14(17-15(18)12(2)3)16(19)20-11-13-9-6-5-7-10-13/h5-7,9-10,12,14H,4,8,11H2,1-3H3,(H,17,18)/t14-/m0/s1. The number of benzene rings is 1. The number of hydrogen-bond donors (Lipinski definition) is 1. The molecule has 0 saturated heterocycles.